The van der Waals surface area contributed by atoms with Crippen LogP contribution in [0.4, 0.5) is 0 Å². The molecule has 0 bridgehead atoms. The van der Waals surface area contributed by atoms with Gasteiger partial charge in [-0.2, -0.15) is 4.31 Å². The third-order valence-corrected chi connectivity index (χ3v) is 7.12. The number of sulfonamides is 1. The monoisotopic (exact) mass is 422 g/mol. The number of nitrogens with zero attached hydrogens (tertiary/aromatic N) is 2. The van der Waals surface area contributed by atoms with E-state index in [1.807, 2.05) is 0 Å². The minimum absolute atomic E-state index is 0.0233. The summed E-state index contributed by atoms with van der Waals surface area (Å²) in [6.07, 6.45) is 2.18. The normalized spacial score (nSPS) is 16.8. The first kappa shape index (κ1) is 21.4. The number of rotatable bonds is 8. The van der Waals surface area contributed by atoms with Crippen molar-refractivity contribution in [2.45, 2.75) is 32.4 Å². The Balaban J connectivity index is 2.20. The van der Waals surface area contributed by atoms with Gasteiger partial charge in [-0.15, -0.1) is 0 Å². The summed E-state index contributed by atoms with van der Waals surface area (Å²) in [4.78, 5) is 14.1. The zero-order chi connectivity index (χ0) is 19.3. The smallest absolute Gasteiger partial charge is 0.323 e. The van der Waals surface area contributed by atoms with Crippen molar-refractivity contribution in [3.63, 3.8) is 0 Å². The molecule has 1 aromatic carbocycles. The molecule has 0 aliphatic carbocycles. The lowest BCUT2D eigenvalue weighted by Gasteiger charge is -2.28. The molecule has 1 aliphatic heterocycles. The molecule has 26 heavy (non-hydrogen) atoms. The summed E-state index contributed by atoms with van der Waals surface area (Å²) in [5.74, 6) is -0.648. The van der Waals surface area contributed by atoms with Crippen LogP contribution in [0.3, 0.4) is 0 Å². The third kappa shape index (κ3) is 5.57. The van der Waals surface area contributed by atoms with E-state index in [1.54, 1.807) is 18.2 Å². The predicted octanol–water partition coefficient (Wildman–Crippen LogP) is 2.78. The highest BCUT2D eigenvalue weighted by molar-refractivity contribution is 7.89. The molecular formula is C17H24Cl2N2O4S. The second-order valence-corrected chi connectivity index (χ2v) is 9.21. The van der Waals surface area contributed by atoms with Crippen LogP contribution < -0.4 is 0 Å². The lowest BCUT2D eigenvalue weighted by Crippen LogP contribution is -2.45. The largest absolute Gasteiger partial charge is 0.468 e. The summed E-state index contributed by atoms with van der Waals surface area (Å²) in [6.45, 7) is 3.82. The van der Waals surface area contributed by atoms with Gasteiger partial charge in [-0.05, 0) is 50.6 Å². The molecule has 1 aliphatic rings. The summed E-state index contributed by atoms with van der Waals surface area (Å²) in [5.41, 5.74) is 0.653. The summed E-state index contributed by atoms with van der Waals surface area (Å²) in [7, 11) is -2.43. The van der Waals surface area contributed by atoms with Crippen LogP contribution in [0.15, 0.2) is 18.2 Å². The van der Waals surface area contributed by atoms with Crippen LogP contribution in [0.5, 0.6) is 0 Å². The standard InChI is InChI=1S/C17H24Cl2N2O4S/c1-13(17(22)25-2)21(12-14-5-6-15(18)16(19)11-14)26(23,24)10-9-20-7-3-4-8-20/h5-6,11,13H,3-4,7-10,12H2,1-2H3/t13-/m0/s1. The molecule has 1 heterocycles. The fourth-order valence-electron chi connectivity index (χ4n) is 2.95. The van der Waals surface area contributed by atoms with Crippen molar-refractivity contribution in [3.8, 4) is 0 Å². The van der Waals surface area contributed by atoms with Crippen molar-refractivity contribution >= 4 is 39.2 Å². The van der Waals surface area contributed by atoms with E-state index in [9.17, 15) is 13.2 Å². The minimum Gasteiger partial charge on any atom is -0.468 e. The van der Waals surface area contributed by atoms with Gasteiger partial charge in [-0.3, -0.25) is 4.79 Å². The van der Waals surface area contributed by atoms with Gasteiger partial charge in [0.15, 0.2) is 0 Å². The van der Waals surface area contributed by atoms with Gasteiger partial charge in [-0.25, -0.2) is 8.42 Å². The number of likely N-dealkylation sites (tertiary alicyclic amines) is 1. The molecule has 1 saturated heterocycles. The van der Waals surface area contributed by atoms with Crippen LogP contribution >= 0.6 is 23.2 Å². The number of methoxy groups -OCH3 is 1. The van der Waals surface area contributed by atoms with Crippen molar-refractivity contribution < 1.29 is 17.9 Å². The maximum atomic E-state index is 12.9. The molecule has 6 nitrogen and oxygen atoms in total. The molecule has 2 rings (SSSR count). The number of halogens is 2. The van der Waals surface area contributed by atoms with Crippen LogP contribution in [0, 0.1) is 0 Å². The van der Waals surface area contributed by atoms with E-state index in [2.05, 4.69) is 4.90 Å². The Morgan fingerprint density at radius 1 is 1.27 bits per heavy atom. The molecule has 1 aromatic rings. The van der Waals surface area contributed by atoms with Crippen LogP contribution in [-0.4, -0.2) is 62.1 Å². The van der Waals surface area contributed by atoms with Crippen LogP contribution in [0.2, 0.25) is 10.0 Å². The second kappa shape index (κ2) is 9.37. The topological polar surface area (TPSA) is 66.9 Å². The lowest BCUT2D eigenvalue weighted by atomic mass is 10.2. The van der Waals surface area contributed by atoms with E-state index >= 15 is 0 Å². The molecule has 0 saturated carbocycles. The van der Waals surface area contributed by atoms with E-state index in [0.717, 1.165) is 25.9 Å². The second-order valence-electron chi connectivity index (χ2n) is 6.36. The molecule has 0 amide bonds. The third-order valence-electron chi connectivity index (χ3n) is 4.52. The number of hydrogen-bond acceptors (Lipinski definition) is 5. The van der Waals surface area contributed by atoms with Gasteiger partial charge >= 0.3 is 5.97 Å². The maximum Gasteiger partial charge on any atom is 0.323 e. The first-order chi connectivity index (χ1) is 12.2. The first-order valence-electron chi connectivity index (χ1n) is 8.48. The Morgan fingerprint density at radius 2 is 1.92 bits per heavy atom. The van der Waals surface area contributed by atoms with Crippen molar-refractivity contribution in [1.29, 1.82) is 0 Å². The molecular weight excluding hydrogens is 399 g/mol. The fraction of sp³-hybridized carbons (Fsp3) is 0.588. The minimum atomic E-state index is -3.67. The Kier molecular flexibility index (Phi) is 7.73. The average molecular weight is 423 g/mol. The maximum absolute atomic E-state index is 12.9. The number of carbonyl (C=O) groups excluding carboxylic acids is 1. The predicted molar refractivity (Wildman–Crippen MR) is 103 cm³/mol. The van der Waals surface area contributed by atoms with E-state index in [4.69, 9.17) is 27.9 Å². The van der Waals surface area contributed by atoms with E-state index in [0.29, 0.717) is 22.2 Å². The van der Waals surface area contributed by atoms with E-state index in [1.165, 1.54) is 18.3 Å². The molecule has 0 radical (unpaired) electrons. The molecule has 0 N–H and O–H groups in total. The van der Waals surface area contributed by atoms with Gasteiger partial charge < -0.3 is 9.64 Å². The SMILES string of the molecule is COC(=O)[C@H](C)N(Cc1ccc(Cl)c(Cl)c1)S(=O)(=O)CCN1CCCC1. The van der Waals surface area contributed by atoms with Crippen molar-refractivity contribution in [3.05, 3.63) is 33.8 Å². The number of benzene rings is 1. The number of ether oxygens (including phenoxy) is 1. The quantitative estimate of drug-likeness (QED) is 0.602. The van der Waals surface area contributed by atoms with Crippen molar-refractivity contribution in [2.75, 3.05) is 32.5 Å². The highest BCUT2D eigenvalue weighted by Crippen LogP contribution is 2.25. The summed E-state index contributed by atoms with van der Waals surface area (Å²) >= 11 is 12.0. The Morgan fingerprint density at radius 3 is 2.50 bits per heavy atom. The fourth-order valence-corrected chi connectivity index (χ4v) is 4.91. The number of esters is 1. The van der Waals surface area contributed by atoms with Crippen LogP contribution in [0.25, 0.3) is 0 Å². The summed E-state index contributed by atoms with van der Waals surface area (Å²) < 4.78 is 31.8. The van der Waals surface area contributed by atoms with Crippen LogP contribution in [-0.2, 0) is 26.1 Å². The van der Waals surface area contributed by atoms with Gasteiger partial charge in [0.05, 0.1) is 22.9 Å². The Bertz CT molecular complexity index is 736. The zero-order valence-electron chi connectivity index (χ0n) is 15.0. The summed E-state index contributed by atoms with van der Waals surface area (Å²) in [6, 6.07) is 3.98. The molecule has 0 spiro atoms. The highest BCUT2D eigenvalue weighted by atomic mass is 35.5. The molecule has 1 fully saturated rings. The summed E-state index contributed by atoms with van der Waals surface area (Å²) in [5, 5.41) is 0.726. The van der Waals surface area contributed by atoms with Gasteiger partial charge in [-0.1, -0.05) is 29.3 Å². The van der Waals surface area contributed by atoms with E-state index < -0.39 is 22.0 Å². The van der Waals surface area contributed by atoms with E-state index in [-0.39, 0.29) is 12.3 Å². The van der Waals surface area contributed by atoms with Gasteiger partial charge in [0, 0.05) is 13.1 Å². The Hall–Kier alpha value is -0.860. The molecule has 1 atom stereocenters. The first-order valence-corrected chi connectivity index (χ1v) is 10.8. The zero-order valence-corrected chi connectivity index (χ0v) is 17.3. The molecule has 0 aromatic heterocycles. The molecule has 146 valence electrons. The van der Waals surface area contributed by atoms with Crippen molar-refractivity contribution in [2.24, 2.45) is 0 Å². The highest BCUT2D eigenvalue weighted by Gasteiger charge is 2.33. The van der Waals surface area contributed by atoms with Gasteiger partial charge in [0.25, 0.3) is 0 Å². The number of carbonyl (C=O) groups is 1. The lowest BCUT2D eigenvalue weighted by molar-refractivity contribution is -0.144. The molecule has 0 unspecified atom stereocenters. The molecule has 9 heteroatoms. The Labute approximate surface area is 165 Å². The van der Waals surface area contributed by atoms with Gasteiger partial charge in [0.2, 0.25) is 10.0 Å². The van der Waals surface area contributed by atoms with Gasteiger partial charge in [0.1, 0.15) is 6.04 Å². The average Bonchev–Trinajstić information content (AvgIpc) is 3.13. The number of hydrogen-bond donors (Lipinski definition) is 0. The van der Waals surface area contributed by atoms with Crippen molar-refractivity contribution in [1.82, 2.24) is 9.21 Å². The van der Waals surface area contributed by atoms with Crippen LogP contribution in [0.1, 0.15) is 25.3 Å².